The molecule has 0 saturated carbocycles. The number of allylic oxidation sites excluding steroid dienone is 8. The predicted octanol–water partition coefficient (Wildman–Crippen LogP) is 4.90. The van der Waals surface area contributed by atoms with Gasteiger partial charge < -0.3 is 0 Å². The molecule has 2 aliphatic rings. The van der Waals surface area contributed by atoms with E-state index < -0.39 is 32.9 Å². The number of hydrogen-bond donors (Lipinski definition) is 0. The molecule has 0 saturated heterocycles. The summed E-state index contributed by atoms with van der Waals surface area (Å²) in [6.07, 6.45) is 6.09. The molecule has 4 heteroatoms. The third-order valence-electron chi connectivity index (χ3n) is 3.81. The molecular weight excluding hydrogens is 316 g/mol. The monoisotopic (exact) mass is 332 g/mol. The third-order valence-corrected chi connectivity index (χ3v) is 13.6. The van der Waals surface area contributed by atoms with Crippen LogP contribution >= 0.6 is 0 Å². The van der Waals surface area contributed by atoms with Crippen molar-refractivity contribution in [1.29, 1.82) is 0 Å². The minimum absolute atomic E-state index is 0.263. The maximum absolute atomic E-state index is 13.6. The normalized spacial score (nSPS) is 21.1. The van der Waals surface area contributed by atoms with Crippen LogP contribution in [0.25, 0.3) is 0 Å². The Hall–Kier alpha value is -0.367. The Balaban J connectivity index is 2.34. The Morgan fingerprint density at radius 3 is 2.39 bits per heavy atom. The average molecular weight is 334 g/mol. The second-order valence-electron chi connectivity index (χ2n) is 5.23. The summed E-state index contributed by atoms with van der Waals surface area (Å²) >= 11 is -2.79. The molecule has 0 aromatic carbocycles. The molecule has 0 aliphatic heterocycles. The zero-order valence-electron chi connectivity index (χ0n) is 10.6. The quantitative estimate of drug-likeness (QED) is 0.686. The first kappa shape index (κ1) is 14.1. The molecule has 0 amide bonds. The van der Waals surface area contributed by atoms with Crippen LogP contribution < -0.4 is 0 Å². The number of rotatable bonds is 4. The van der Waals surface area contributed by atoms with Gasteiger partial charge in [0.05, 0.1) is 0 Å². The molecule has 2 rings (SSSR count). The van der Waals surface area contributed by atoms with Gasteiger partial charge in [0.1, 0.15) is 0 Å². The van der Waals surface area contributed by atoms with Gasteiger partial charge in [0, 0.05) is 0 Å². The van der Waals surface area contributed by atoms with Crippen LogP contribution in [0.3, 0.4) is 0 Å². The first-order valence-corrected chi connectivity index (χ1v) is 13.5. The van der Waals surface area contributed by atoms with Gasteiger partial charge in [0.15, 0.2) is 0 Å². The summed E-state index contributed by atoms with van der Waals surface area (Å²) in [6.45, 7) is 0. The van der Waals surface area contributed by atoms with Crippen molar-refractivity contribution in [2.75, 3.05) is 0 Å². The molecule has 1 unspecified atom stereocenters. The molecule has 0 spiro atoms. The maximum atomic E-state index is 13.6. The molecule has 0 radical (unpaired) electrons. The Kier molecular flexibility index (Phi) is 4.16. The first-order valence-electron chi connectivity index (χ1n) is 6.13. The van der Waals surface area contributed by atoms with Crippen molar-refractivity contribution in [3.63, 3.8) is 0 Å². The Bertz CT molecular complexity index is 456. The van der Waals surface area contributed by atoms with Gasteiger partial charge in [-0.1, -0.05) is 0 Å². The van der Waals surface area contributed by atoms with E-state index in [2.05, 4.69) is 21.4 Å². The molecule has 0 aromatic heterocycles. The van der Waals surface area contributed by atoms with E-state index in [9.17, 15) is 13.2 Å². The summed E-state index contributed by atoms with van der Waals surface area (Å²) in [4.78, 5) is 0. The number of alkyl halides is 3. The summed E-state index contributed by atoms with van der Waals surface area (Å²) in [5.74, 6) is 0. The fourth-order valence-corrected chi connectivity index (χ4v) is 10.3. The van der Waals surface area contributed by atoms with E-state index in [1.54, 1.807) is 6.08 Å². The summed E-state index contributed by atoms with van der Waals surface area (Å²) < 4.78 is 45.5. The van der Waals surface area contributed by atoms with Crippen molar-refractivity contribution in [3.05, 3.63) is 42.5 Å². The molecule has 0 bridgehead atoms. The molecule has 0 heterocycles. The molecule has 0 N–H and O–H groups in total. The van der Waals surface area contributed by atoms with Crippen LogP contribution in [0.1, 0.15) is 12.8 Å². The van der Waals surface area contributed by atoms with E-state index in [0.29, 0.717) is 6.42 Å². The van der Waals surface area contributed by atoms with E-state index in [1.165, 1.54) is 3.28 Å². The van der Waals surface area contributed by atoms with Crippen molar-refractivity contribution < 1.29 is 33.4 Å². The van der Waals surface area contributed by atoms with E-state index in [4.69, 9.17) is 0 Å². The zero-order valence-corrected chi connectivity index (χ0v) is 13.0. The van der Waals surface area contributed by atoms with Crippen molar-refractivity contribution >= 4 is 0 Å². The molecular formula is C14H17F3Zr. The molecule has 98 valence electrons. The minimum atomic E-state index is -2.92. The van der Waals surface area contributed by atoms with E-state index in [0.717, 1.165) is 9.70 Å². The van der Waals surface area contributed by atoms with Gasteiger partial charge in [-0.15, -0.1) is 0 Å². The fourth-order valence-electron chi connectivity index (χ4n) is 2.64. The van der Waals surface area contributed by atoms with Gasteiger partial charge in [-0.25, -0.2) is 0 Å². The van der Waals surface area contributed by atoms with Crippen LogP contribution in [0.5, 0.6) is 0 Å². The van der Waals surface area contributed by atoms with Gasteiger partial charge >= 0.3 is 111 Å². The van der Waals surface area contributed by atoms with E-state index in [1.807, 2.05) is 12.2 Å². The topological polar surface area (TPSA) is 0 Å². The van der Waals surface area contributed by atoms with Crippen molar-refractivity contribution in [3.8, 4) is 0 Å². The summed E-state index contributed by atoms with van der Waals surface area (Å²) in [7, 11) is 0. The zero-order chi connectivity index (χ0) is 13.3. The molecule has 0 nitrogen and oxygen atoms in total. The number of hydrogen-bond acceptors (Lipinski definition) is 0. The van der Waals surface area contributed by atoms with E-state index >= 15 is 0 Å². The average Bonchev–Trinajstić information content (AvgIpc) is 2.99. The Labute approximate surface area is 110 Å². The molecule has 2 aliphatic carbocycles. The van der Waals surface area contributed by atoms with Crippen LogP contribution in [0.15, 0.2) is 42.5 Å². The molecule has 1 atom stereocenters. The van der Waals surface area contributed by atoms with Crippen molar-refractivity contribution in [2.24, 2.45) is 0 Å². The van der Waals surface area contributed by atoms with E-state index in [-0.39, 0.29) is 5.57 Å². The Morgan fingerprint density at radius 2 is 1.83 bits per heavy atom. The van der Waals surface area contributed by atoms with Crippen LogP contribution in [0, 0.1) is 0 Å². The standard InChI is InChI=1S/C7H6F3.C5H5.2CH3.Zr/c8-6(7(9)10)5-3-1-2-4-5;1-2-4-5-3-1;;;/h1,3,6-7H,2H2;1-3H,4H2;2*1H3;. The van der Waals surface area contributed by atoms with Crippen LogP contribution in [0.2, 0.25) is 9.26 Å². The van der Waals surface area contributed by atoms with Gasteiger partial charge in [0.25, 0.3) is 0 Å². The van der Waals surface area contributed by atoms with Gasteiger partial charge in [-0.2, -0.15) is 0 Å². The number of halogens is 3. The van der Waals surface area contributed by atoms with Gasteiger partial charge in [0.2, 0.25) is 0 Å². The second-order valence-corrected chi connectivity index (χ2v) is 16.3. The van der Waals surface area contributed by atoms with Crippen molar-refractivity contribution in [1.82, 2.24) is 0 Å². The predicted molar refractivity (Wildman–Crippen MR) is 65.3 cm³/mol. The van der Waals surface area contributed by atoms with Crippen molar-refractivity contribution in [2.45, 2.75) is 34.7 Å². The van der Waals surface area contributed by atoms with Crippen LogP contribution in [-0.4, -0.2) is 12.6 Å². The van der Waals surface area contributed by atoms with Gasteiger partial charge in [-0.3, -0.25) is 0 Å². The third kappa shape index (κ3) is 2.49. The Morgan fingerprint density at radius 1 is 1.11 bits per heavy atom. The fraction of sp³-hybridized carbons (Fsp3) is 0.429. The molecule has 0 fully saturated rings. The summed E-state index contributed by atoms with van der Waals surface area (Å²) in [5, 5.41) is 0. The SMILES string of the molecule is [CH3][Zr]([CH3])([C]1=CC=CC1)[C]1=C(C(F)C(F)F)C=CC1. The second kappa shape index (κ2) is 5.32. The van der Waals surface area contributed by atoms with Gasteiger partial charge in [-0.05, 0) is 0 Å². The molecule has 0 aromatic rings. The van der Waals surface area contributed by atoms with Crippen LogP contribution in [0.4, 0.5) is 13.2 Å². The molecule has 18 heavy (non-hydrogen) atoms. The summed E-state index contributed by atoms with van der Waals surface area (Å²) in [5.41, 5.74) is 0.263. The van der Waals surface area contributed by atoms with Crippen LogP contribution in [-0.2, 0) is 20.3 Å². The summed E-state index contributed by atoms with van der Waals surface area (Å²) in [6, 6.07) is 0. The first-order chi connectivity index (χ1) is 8.44.